The molecule has 24 heavy (non-hydrogen) atoms. The minimum Gasteiger partial charge on any atom is -0.477 e. The van der Waals surface area contributed by atoms with Gasteiger partial charge in [-0.25, -0.2) is 9.69 Å². The summed E-state index contributed by atoms with van der Waals surface area (Å²) >= 11 is 0. The third-order valence-electron chi connectivity index (χ3n) is 4.28. The van der Waals surface area contributed by atoms with Crippen LogP contribution in [0.5, 0.6) is 0 Å². The zero-order valence-electron chi connectivity index (χ0n) is 13.3. The second kappa shape index (κ2) is 7.17. The van der Waals surface area contributed by atoms with Crippen molar-refractivity contribution in [2.45, 2.75) is 37.9 Å². The van der Waals surface area contributed by atoms with Gasteiger partial charge in [-0.05, 0) is 17.6 Å². The summed E-state index contributed by atoms with van der Waals surface area (Å²) in [5.41, 5.74) is 1.46. The van der Waals surface area contributed by atoms with Crippen molar-refractivity contribution in [1.29, 1.82) is 0 Å². The highest BCUT2D eigenvalue weighted by molar-refractivity contribution is 5.80. The molecule has 6 heteroatoms. The van der Waals surface area contributed by atoms with Crippen LogP contribution in [0.15, 0.2) is 54.3 Å². The molecule has 2 heterocycles. The fourth-order valence-corrected chi connectivity index (χ4v) is 3.00. The standard InChI is InChI=1S/C18H21NO5/c1-2-6-13(10-20)17-16(19-14(21)9-15(19)24-17)18(22)23-11-12-7-4-3-5-8-12/h2-5,7-8,14-16,20-21H,1,6,9-11H2/b17-13-/t14?,15-,16?/m1/s1. The van der Waals surface area contributed by atoms with E-state index in [-0.39, 0.29) is 19.4 Å². The molecule has 0 radical (unpaired) electrons. The quantitative estimate of drug-likeness (QED) is 0.604. The van der Waals surface area contributed by atoms with Gasteiger partial charge in [0.05, 0.1) is 6.61 Å². The smallest absolute Gasteiger partial charge is 0.331 e. The number of fused-ring (bicyclic) bond motifs is 1. The first-order chi connectivity index (χ1) is 11.7. The Bertz CT molecular complexity index is 642. The molecule has 6 nitrogen and oxygen atoms in total. The second-order valence-corrected chi connectivity index (χ2v) is 5.85. The summed E-state index contributed by atoms with van der Waals surface area (Å²) < 4.78 is 11.2. The molecule has 0 amide bonds. The molecule has 2 fully saturated rings. The maximum absolute atomic E-state index is 12.6. The summed E-state index contributed by atoms with van der Waals surface area (Å²) in [5.74, 6) is -0.123. The maximum atomic E-state index is 12.6. The lowest BCUT2D eigenvalue weighted by molar-refractivity contribution is -0.187. The number of esters is 1. The fraction of sp³-hybridized carbons (Fsp3) is 0.389. The van der Waals surface area contributed by atoms with Gasteiger partial charge < -0.3 is 19.7 Å². The number of benzene rings is 1. The van der Waals surface area contributed by atoms with Crippen molar-refractivity contribution in [3.05, 3.63) is 59.9 Å². The van der Waals surface area contributed by atoms with Gasteiger partial charge in [-0.15, -0.1) is 6.58 Å². The van der Waals surface area contributed by atoms with Crippen molar-refractivity contribution in [3.8, 4) is 0 Å². The van der Waals surface area contributed by atoms with E-state index in [0.717, 1.165) is 5.56 Å². The van der Waals surface area contributed by atoms with Crippen LogP contribution in [0.25, 0.3) is 0 Å². The Morgan fingerprint density at radius 3 is 2.79 bits per heavy atom. The topological polar surface area (TPSA) is 79.2 Å². The number of ether oxygens (including phenoxy) is 2. The molecule has 2 aliphatic rings. The average Bonchev–Trinajstić information content (AvgIpc) is 2.91. The van der Waals surface area contributed by atoms with Gasteiger partial charge in [-0.2, -0.15) is 0 Å². The normalized spacial score (nSPS) is 27.7. The van der Waals surface area contributed by atoms with Crippen LogP contribution in [0.3, 0.4) is 0 Å². The van der Waals surface area contributed by atoms with E-state index in [4.69, 9.17) is 9.47 Å². The van der Waals surface area contributed by atoms with Crippen LogP contribution in [0.2, 0.25) is 0 Å². The monoisotopic (exact) mass is 331 g/mol. The lowest BCUT2D eigenvalue weighted by Crippen LogP contribution is -2.58. The van der Waals surface area contributed by atoms with E-state index in [1.807, 2.05) is 30.3 Å². The Morgan fingerprint density at radius 1 is 1.42 bits per heavy atom. The highest BCUT2D eigenvalue weighted by Crippen LogP contribution is 2.41. The van der Waals surface area contributed by atoms with Gasteiger partial charge in [-0.3, -0.25) is 0 Å². The number of allylic oxidation sites excluding steroid dienone is 1. The first-order valence-corrected chi connectivity index (χ1v) is 7.92. The number of hydrogen-bond donors (Lipinski definition) is 2. The molecule has 0 saturated carbocycles. The van der Waals surface area contributed by atoms with Crippen molar-refractivity contribution >= 4 is 5.97 Å². The third-order valence-corrected chi connectivity index (χ3v) is 4.28. The predicted octanol–water partition coefficient (Wildman–Crippen LogP) is 1.30. The van der Waals surface area contributed by atoms with E-state index in [9.17, 15) is 15.0 Å². The summed E-state index contributed by atoms with van der Waals surface area (Å²) in [6.45, 7) is 3.57. The molecular weight excluding hydrogens is 310 g/mol. The number of aliphatic hydroxyl groups excluding tert-OH is 2. The fourth-order valence-electron chi connectivity index (χ4n) is 3.00. The highest BCUT2D eigenvalue weighted by atomic mass is 16.6. The highest BCUT2D eigenvalue weighted by Gasteiger charge is 2.55. The molecule has 0 aromatic heterocycles. The van der Waals surface area contributed by atoms with Crippen molar-refractivity contribution < 1.29 is 24.5 Å². The van der Waals surface area contributed by atoms with E-state index < -0.39 is 18.2 Å². The molecule has 2 saturated heterocycles. The van der Waals surface area contributed by atoms with Crippen LogP contribution in [0.4, 0.5) is 0 Å². The molecule has 2 N–H and O–H groups in total. The molecule has 0 bridgehead atoms. The Hall–Kier alpha value is -2.15. The number of nitrogens with zero attached hydrogens (tertiary/aromatic N) is 1. The zero-order chi connectivity index (χ0) is 17.1. The molecule has 0 spiro atoms. The zero-order valence-corrected chi connectivity index (χ0v) is 13.3. The second-order valence-electron chi connectivity index (χ2n) is 5.85. The third kappa shape index (κ3) is 3.08. The van der Waals surface area contributed by atoms with Crippen LogP contribution < -0.4 is 0 Å². The molecule has 0 aliphatic carbocycles. The lowest BCUT2D eigenvalue weighted by atomic mass is 10.0. The molecule has 3 atom stereocenters. The number of aliphatic hydroxyl groups is 2. The van der Waals surface area contributed by atoms with Crippen LogP contribution >= 0.6 is 0 Å². The number of carbonyl (C=O) groups is 1. The Morgan fingerprint density at radius 2 is 2.17 bits per heavy atom. The van der Waals surface area contributed by atoms with Crippen molar-refractivity contribution in [3.63, 3.8) is 0 Å². The number of hydrogen-bond acceptors (Lipinski definition) is 6. The molecule has 1 aromatic carbocycles. The number of carbonyl (C=O) groups excluding carboxylic acids is 1. The Balaban J connectivity index is 1.78. The van der Waals surface area contributed by atoms with E-state index in [2.05, 4.69) is 6.58 Å². The van der Waals surface area contributed by atoms with E-state index >= 15 is 0 Å². The van der Waals surface area contributed by atoms with Crippen LogP contribution in [0.1, 0.15) is 18.4 Å². The minimum absolute atomic E-state index is 0.147. The van der Waals surface area contributed by atoms with Crippen LogP contribution in [-0.2, 0) is 20.9 Å². The first-order valence-electron chi connectivity index (χ1n) is 7.92. The predicted molar refractivity (Wildman–Crippen MR) is 86.3 cm³/mol. The molecule has 1 aromatic rings. The van der Waals surface area contributed by atoms with Crippen molar-refractivity contribution in [1.82, 2.24) is 4.90 Å². The Labute approximate surface area is 140 Å². The summed E-state index contributed by atoms with van der Waals surface area (Å²) in [6.07, 6.45) is 1.38. The van der Waals surface area contributed by atoms with Crippen LogP contribution in [0, 0.1) is 0 Å². The van der Waals surface area contributed by atoms with E-state index in [1.54, 1.807) is 11.0 Å². The maximum Gasteiger partial charge on any atom is 0.331 e. The van der Waals surface area contributed by atoms with Gasteiger partial charge in [0.1, 0.15) is 18.6 Å². The lowest BCUT2D eigenvalue weighted by Gasteiger charge is -2.39. The van der Waals surface area contributed by atoms with Crippen LogP contribution in [-0.4, -0.2) is 46.2 Å². The van der Waals surface area contributed by atoms with Gasteiger partial charge in [0.2, 0.25) is 0 Å². The van der Waals surface area contributed by atoms with Crippen molar-refractivity contribution in [2.24, 2.45) is 0 Å². The molecule has 3 rings (SSSR count). The SMILES string of the molecule is C=CC/C(CO)=C1/O[C@@H]2CC(O)N2C1C(=O)OCc1ccccc1. The van der Waals surface area contributed by atoms with Gasteiger partial charge >= 0.3 is 5.97 Å². The largest absolute Gasteiger partial charge is 0.477 e. The van der Waals surface area contributed by atoms with Gasteiger partial charge in [0.15, 0.2) is 12.3 Å². The Kier molecular flexibility index (Phi) is 4.99. The summed E-state index contributed by atoms with van der Waals surface area (Å²) in [7, 11) is 0. The minimum atomic E-state index is -0.829. The molecule has 2 unspecified atom stereocenters. The molecule has 128 valence electrons. The van der Waals surface area contributed by atoms with Gasteiger partial charge in [0, 0.05) is 6.42 Å². The summed E-state index contributed by atoms with van der Waals surface area (Å²) in [4.78, 5) is 14.2. The van der Waals surface area contributed by atoms with E-state index in [1.165, 1.54) is 0 Å². The van der Waals surface area contributed by atoms with Gasteiger partial charge in [0.25, 0.3) is 0 Å². The van der Waals surface area contributed by atoms with E-state index in [0.29, 0.717) is 24.2 Å². The summed E-state index contributed by atoms with van der Waals surface area (Å²) in [5, 5.41) is 19.5. The molecular formula is C18H21NO5. The first kappa shape index (κ1) is 16.7. The average molecular weight is 331 g/mol. The number of rotatable bonds is 6. The molecule has 2 aliphatic heterocycles. The van der Waals surface area contributed by atoms with Gasteiger partial charge in [-0.1, -0.05) is 36.4 Å². The van der Waals surface area contributed by atoms with Crippen molar-refractivity contribution in [2.75, 3.05) is 6.61 Å². The summed E-state index contributed by atoms with van der Waals surface area (Å²) in [6, 6.07) is 8.54.